The molecule has 3 nitrogen and oxygen atoms in total. The van der Waals surface area contributed by atoms with Crippen molar-refractivity contribution in [3.63, 3.8) is 0 Å². The minimum absolute atomic E-state index is 0. The summed E-state index contributed by atoms with van der Waals surface area (Å²) in [6.45, 7) is 5.86. The van der Waals surface area contributed by atoms with Gasteiger partial charge >= 0.3 is 0 Å². The smallest absolute Gasteiger partial charge is 0.222 e. The van der Waals surface area contributed by atoms with Gasteiger partial charge in [-0.3, -0.25) is 4.79 Å². The normalized spacial score (nSPS) is 22.2. The Morgan fingerprint density at radius 3 is 2.69 bits per heavy atom. The van der Waals surface area contributed by atoms with E-state index in [2.05, 4.69) is 10.6 Å². The maximum Gasteiger partial charge on any atom is 0.222 e. The maximum atomic E-state index is 11.3. The van der Waals surface area contributed by atoms with Gasteiger partial charge in [0, 0.05) is 18.5 Å². The lowest BCUT2D eigenvalue weighted by atomic mass is 10.1. The minimum atomic E-state index is 0. The van der Waals surface area contributed by atoms with Crippen molar-refractivity contribution in [2.75, 3.05) is 13.1 Å². The quantitative estimate of drug-likeness (QED) is 0.706. The fourth-order valence-electron chi connectivity index (χ4n) is 1.34. The number of carbonyl (C=O) groups is 1. The van der Waals surface area contributed by atoms with Crippen molar-refractivity contribution in [3.05, 3.63) is 0 Å². The number of piperidine rings is 1. The third kappa shape index (κ3) is 4.48. The van der Waals surface area contributed by atoms with Gasteiger partial charge in [0.05, 0.1) is 0 Å². The van der Waals surface area contributed by atoms with Gasteiger partial charge in [0.2, 0.25) is 5.91 Å². The number of rotatable bonds is 2. The number of amides is 1. The second kappa shape index (κ2) is 6.22. The summed E-state index contributed by atoms with van der Waals surface area (Å²) < 4.78 is 0. The highest BCUT2D eigenvalue weighted by atomic mass is 35.5. The topological polar surface area (TPSA) is 41.1 Å². The van der Waals surface area contributed by atoms with Crippen molar-refractivity contribution in [3.8, 4) is 0 Å². The molecule has 13 heavy (non-hydrogen) atoms. The van der Waals surface area contributed by atoms with E-state index in [1.54, 1.807) is 0 Å². The zero-order valence-electron chi connectivity index (χ0n) is 8.30. The van der Waals surface area contributed by atoms with Crippen molar-refractivity contribution in [1.82, 2.24) is 10.6 Å². The van der Waals surface area contributed by atoms with Crippen LogP contribution < -0.4 is 10.6 Å². The van der Waals surface area contributed by atoms with E-state index >= 15 is 0 Å². The second-order valence-corrected chi connectivity index (χ2v) is 3.71. The third-order valence-corrected chi connectivity index (χ3v) is 2.17. The van der Waals surface area contributed by atoms with Crippen molar-refractivity contribution < 1.29 is 4.79 Å². The van der Waals surface area contributed by atoms with Gasteiger partial charge in [0.25, 0.3) is 0 Å². The van der Waals surface area contributed by atoms with Crippen LogP contribution in [0.1, 0.15) is 26.7 Å². The zero-order valence-corrected chi connectivity index (χ0v) is 9.12. The molecule has 78 valence electrons. The molecule has 0 bridgehead atoms. The van der Waals surface area contributed by atoms with Crippen LogP contribution in [0.5, 0.6) is 0 Å². The van der Waals surface area contributed by atoms with Gasteiger partial charge in [0.15, 0.2) is 0 Å². The van der Waals surface area contributed by atoms with Crippen LogP contribution in [0.3, 0.4) is 0 Å². The van der Waals surface area contributed by atoms with E-state index in [0.717, 1.165) is 19.5 Å². The highest BCUT2D eigenvalue weighted by Crippen LogP contribution is 2.02. The molecule has 0 radical (unpaired) electrons. The molecule has 1 saturated heterocycles. The molecule has 1 rings (SSSR count). The molecular weight excluding hydrogens is 188 g/mol. The third-order valence-electron chi connectivity index (χ3n) is 2.17. The number of hydrogen-bond acceptors (Lipinski definition) is 2. The van der Waals surface area contributed by atoms with Gasteiger partial charge in [-0.25, -0.2) is 0 Å². The molecule has 0 saturated carbocycles. The Bertz CT molecular complexity index is 156. The molecule has 0 aromatic carbocycles. The standard InChI is InChI=1S/C9H18N2O.ClH/c1-7(2)9(12)11-8-4-3-5-10-6-8;/h7-8,10H,3-6H2,1-2H3,(H,11,12);1H/t8-;/m1./s1. The fourth-order valence-corrected chi connectivity index (χ4v) is 1.34. The van der Waals surface area contributed by atoms with E-state index in [0.29, 0.717) is 6.04 Å². The van der Waals surface area contributed by atoms with Gasteiger partial charge in [-0.2, -0.15) is 0 Å². The van der Waals surface area contributed by atoms with E-state index in [9.17, 15) is 4.79 Å². The number of halogens is 1. The Balaban J connectivity index is 0.00000144. The average Bonchev–Trinajstić information content (AvgIpc) is 2.06. The lowest BCUT2D eigenvalue weighted by molar-refractivity contribution is -0.124. The Morgan fingerprint density at radius 1 is 1.54 bits per heavy atom. The van der Waals surface area contributed by atoms with Crippen LogP contribution in [0.15, 0.2) is 0 Å². The first-order valence-electron chi connectivity index (χ1n) is 4.71. The Kier molecular flexibility index (Phi) is 6.08. The first-order chi connectivity index (χ1) is 5.70. The molecule has 1 atom stereocenters. The van der Waals surface area contributed by atoms with E-state index in [1.165, 1.54) is 6.42 Å². The summed E-state index contributed by atoms with van der Waals surface area (Å²) in [5, 5.41) is 6.28. The predicted octanol–water partition coefficient (Wildman–Crippen LogP) is 0.932. The van der Waals surface area contributed by atoms with Crippen molar-refractivity contribution >= 4 is 18.3 Å². The van der Waals surface area contributed by atoms with Crippen LogP contribution in [0.25, 0.3) is 0 Å². The summed E-state index contributed by atoms with van der Waals surface area (Å²) in [5.41, 5.74) is 0. The van der Waals surface area contributed by atoms with Gasteiger partial charge in [0.1, 0.15) is 0 Å². The molecule has 0 spiro atoms. The molecule has 1 amide bonds. The monoisotopic (exact) mass is 206 g/mol. The Hall–Kier alpha value is -0.280. The molecular formula is C9H19ClN2O. The summed E-state index contributed by atoms with van der Waals surface area (Å²) >= 11 is 0. The van der Waals surface area contributed by atoms with Gasteiger partial charge in [-0.1, -0.05) is 13.8 Å². The van der Waals surface area contributed by atoms with Crippen molar-refractivity contribution in [2.45, 2.75) is 32.7 Å². The van der Waals surface area contributed by atoms with Crippen LogP contribution in [0.2, 0.25) is 0 Å². The zero-order chi connectivity index (χ0) is 8.97. The lowest BCUT2D eigenvalue weighted by Crippen LogP contribution is -2.46. The Labute approximate surface area is 86.1 Å². The molecule has 1 fully saturated rings. The molecule has 0 aromatic heterocycles. The van der Waals surface area contributed by atoms with Crippen molar-refractivity contribution in [2.24, 2.45) is 5.92 Å². The number of nitrogens with one attached hydrogen (secondary N) is 2. The van der Waals surface area contributed by atoms with Crippen LogP contribution in [0.4, 0.5) is 0 Å². The number of carbonyl (C=O) groups excluding carboxylic acids is 1. The van der Waals surface area contributed by atoms with E-state index in [-0.39, 0.29) is 24.2 Å². The van der Waals surface area contributed by atoms with Crippen LogP contribution in [0, 0.1) is 5.92 Å². The SMILES string of the molecule is CC(C)C(=O)N[C@@H]1CCCNC1.Cl. The molecule has 1 aliphatic heterocycles. The fraction of sp³-hybridized carbons (Fsp3) is 0.889. The molecule has 0 aromatic rings. The maximum absolute atomic E-state index is 11.3. The Morgan fingerprint density at radius 2 is 2.23 bits per heavy atom. The molecule has 4 heteroatoms. The summed E-state index contributed by atoms with van der Waals surface area (Å²) in [6.07, 6.45) is 2.29. The molecule has 1 heterocycles. The first-order valence-corrected chi connectivity index (χ1v) is 4.71. The molecule has 0 unspecified atom stereocenters. The summed E-state index contributed by atoms with van der Waals surface area (Å²) in [5.74, 6) is 0.274. The largest absolute Gasteiger partial charge is 0.352 e. The summed E-state index contributed by atoms with van der Waals surface area (Å²) in [7, 11) is 0. The molecule has 1 aliphatic rings. The van der Waals surface area contributed by atoms with E-state index in [1.807, 2.05) is 13.8 Å². The van der Waals surface area contributed by atoms with Crippen LogP contribution in [-0.2, 0) is 4.79 Å². The first kappa shape index (κ1) is 12.7. The van der Waals surface area contributed by atoms with E-state index in [4.69, 9.17) is 0 Å². The highest BCUT2D eigenvalue weighted by molar-refractivity contribution is 5.85. The minimum Gasteiger partial charge on any atom is -0.352 e. The van der Waals surface area contributed by atoms with Crippen molar-refractivity contribution in [1.29, 1.82) is 0 Å². The number of hydrogen-bond donors (Lipinski definition) is 2. The van der Waals surface area contributed by atoms with Gasteiger partial charge in [-0.15, -0.1) is 12.4 Å². The second-order valence-electron chi connectivity index (χ2n) is 3.71. The molecule has 2 N–H and O–H groups in total. The highest BCUT2D eigenvalue weighted by Gasteiger charge is 2.16. The van der Waals surface area contributed by atoms with E-state index < -0.39 is 0 Å². The molecule has 0 aliphatic carbocycles. The van der Waals surface area contributed by atoms with Crippen LogP contribution >= 0.6 is 12.4 Å². The van der Waals surface area contributed by atoms with Gasteiger partial charge < -0.3 is 10.6 Å². The lowest BCUT2D eigenvalue weighted by Gasteiger charge is -2.24. The van der Waals surface area contributed by atoms with Gasteiger partial charge in [-0.05, 0) is 19.4 Å². The summed E-state index contributed by atoms with van der Waals surface area (Å²) in [6, 6.07) is 0.355. The van der Waals surface area contributed by atoms with Crippen LogP contribution in [-0.4, -0.2) is 25.0 Å². The predicted molar refractivity (Wildman–Crippen MR) is 56.1 cm³/mol. The average molecular weight is 207 g/mol. The summed E-state index contributed by atoms with van der Waals surface area (Å²) in [4.78, 5) is 11.3.